The van der Waals surface area contributed by atoms with Crippen molar-refractivity contribution in [3.8, 4) is 0 Å². The van der Waals surface area contributed by atoms with Gasteiger partial charge in [-0.1, -0.05) is 12.1 Å². The van der Waals surface area contributed by atoms with Crippen LogP contribution in [0, 0.1) is 0 Å². The minimum absolute atomic E-state index is 0. The lowest BCUT2D eigenvalue weighted by Gasteiger charge is -2.09. The fourth-order valence-corrected chi connectivity index (χ4v) is 1.49. The van der Waals surface area contributed by atoms with Crippen LogP contribution >= 0.6 is 49.6 Å². The van der Waals surface area contributed by atoms with Crippen LogP contribution in [0.5, 0.6) is 0 Å². The van der Waals surface area contributed by atoms with E-state index in [1.807, 2.05) is 12.1 Å². The zero-order chi connectivity index (χ0) is 10.3. The number of hydrogen-bond acceptors (Lipinski definition) is 4. The summed E-state index contributed by atoms with van der Waals surface area (Å²) in [5, 5.41) is 1.69. The average molecular weight is 334 g/mol. The Balaban J connectivity index is -0.000000562. The quantitative estimate of drug-likeness (QED) is 0.556. The van der Waals surface area contributed by atoms with Crippen molar-refractivity contribution in [3.63, 3.8) is 0 Å². The predicted octanol–water partition coefficient (Wildman–Crippen LogP) is 2.86. The van der Waals surface area contributed by atoms with Crippen molar-refractivity contribution < 1.29 is 0 Å². The summed E-state index contributed by atoms with van der Waals surface area (Å²) in [7, 11) is 0. The van der Waals surface area contributed by atoms with Gasteiger partial charge in [0.1, 0.15) is 0 Å². The van der Waals surface area contributed by atoms with Gasteiger partial charge in [0.25, 0.3) is 0 Å². The highest BCUT2D eigenvalue weighted by Gasteiger charge is 2.05. The zero-order valence-corrected chi connectivity index (χ0v) is 12.5. The first-order valence-electron chi connectivity index (χ1n) is 4.23. The molecule has 0 atom stereocenters. The molecule has 0 unspecified atom stereocenters. The number of benzene rings is 2. The second-order valence-electron chi connectivity index (χ2n) is 3.23. The van der Waals surface area contributed by atoms with E-state index in [-0.39, 0.29) is 49.6 Å². The molecule has 0 aliphatic rings. The second-order valence-corrected chi connectivity index (χ2v) is 3.23. The summed E-state index contributed by atoms with van der Waals surface area (Å²) >= 11 is 0. The standard InChI is InChI=1S/C10H12N4.4ClH/c11-7-3-1-5-6(10(7)14)2-4-8(12)9(5)13;;;;/h1-4H,11-14H2;4*1H. The third-order valence-electron chi connectivity index (χ3n) is 2.35. The molecule has 0 bridgehead atoms. The molecular weight excluding hydrogens is 318 g/mol. The van der Waals surface area contributed by atoms with Gasteiger partial charge in [0, 0.05) is 10.8 Å². The van der Waals surface area contributed by atoms with Crippen LogP contribution in [0.4, 0.5) is 22.7 Å². The molecule has 0 radical (unpaired) electrons. The molecule has 18 heavy (non-hydrogen) atoms. The Bertz CT molecular complexity index is 471. The summed E-state index contributed by atoms with van der Waals surface area (Å²) in [4.78, 5) is 0. The fraction of sp³-hybridized carbons (Fsp3) is 0. The van der Waals surface area contributed by atoms with E-state index >= 15 is 0 Å². The van der Waals surface area contributed by atoms with Crippen LogP contribution in [0.1, 0.15) is 0 Å². The van der Waals surface area contributed by atoms with Gasteiger partial charge < -0.3 is 22.9 Å². The van der Waals surface area contributed by atoms with Crippen molar-refractivity contribution >= 4 is 83.2 Å². The highest BCUT2D eigenvalue weighted by atomic mass is 35.5. The lowest BCUT2D eigenvalue weighted by molar-refractivity contribution is 1.68. The van der Waals surface area contributed by atoms with Crippen LogP contribution in [0.3, 0.4) is 0 Å². The van der Waals surface area contributed by atoms with Gasteiger partial charge >= 0.3 is 0 Å². The van der Waals surface area contributed by atoms with Gasteiger partial charge in [0.05, 0.1) is 22.7 Å². The topological polar surface area (TPSA) is 104 Å². The molecule has 0 aliphatic heterocycles. The van der Waals surface area contributed by atoms with Gasteiger partial charge in [-0.05, 0) is 12.1 Å². The number of rotatable bonds is 0. The molecule has 0 aromatic heterocycles. The van der Waals surface area contributed by atoms with E-state index in [0.29, 0.717) is 22.7 Å². The summed E-state index contributed by atoms with van der Waals surface area (Å²) < 4.78 is 0. The Kier molecular flexibility index (Phi) is 10.2. The average Bonchev–Trinajstić information content (AvgIpc) is 2.17. The van der Waals surface area contributed by atoms with Crippen LogP contribution in [0.15, 0.2) is 24.3 Å². The summed E-state index contributed by atoms with van der Waals surface area (Å²) in [6.45, 7) is 0. The van der Waals surface area contributed by atoms with Crippen LogP contribution in [0.25, 0.3) is 10.8 Å². The highest BCUT2D eigenvalue weighted by Crippen LogP contribution is 2.32. The molecule has 4 nitrogen and oxygen atoms in total. The van der Waals surface area contributed by atoms with Gasteiger partial charge in [-0.2, -0.15) is 0 Å². The van der Waals surface area contributed by atoms with Crippen LogP contribution in [-0.2, 0) is 0 Å². The minimum Gasteiger partial charge on any atom is -0.397 e. The number of anilines is 4. The van der Waals surface area contributed by atoms with Crippen LogP contribution in [-0.4, -0.2) is 0 Å². The molecule has 0 aliphatic carbocycles. The number of halogens is 4. The molecular formula is C10H16Cl4N4. The minimum atomic E-state index is 0. The highest BCUT2D eigenvalue weighted by molar-refractivity contribution is 6.06. The molecule has 0 spiro atoms. The Morgan fingerprint density at radius 2 is 0.778 bits per heavy atom. The normalized spacial score (nSPS) is 8.22. The Morgan fingerprint density at radius 1 is 0.500 bits per heavy atom. The summed E-state index contributed by atoms with van der Waals surface area (Å²) in [6, 6.07) is 7.11. The number of nitrogen functional groups attached to an aromatic ring is 4. The van der Waals surface area contributed by atoms with E-state index in [2.05, 4.69) is 0 Å². The molecule has 2 aromatic carbocycles. The maximum atomic E-state index is 5.82. The third kappa shape index (κ3) is 3.53. The first-order valence-corrected chi connectivity index (χ1v) is 4.23. The first-order chi connectivity index (χ1) is 6.61. The van der Waals surface area contributed by atoms with Gasteiger partial charge in [-0.3, -0.25) is 0 Å². The summed E-state index contributed by atoms with van der Waals surface area (Å²) in [5.74, 6) is 0. The lowest BCUT2D eigenvalue weighted by atomic mass is 10.0. The van der Waals surface area contributed by atoms with Gasteiger partial charge in [-0.25, -0.2) is 0 Å². The number of hydrogen-bond donors (Lipinski definition) is 4. The second kappa shape index (κ2) is 8.21. The number of nitrogens with two attached hydrogens (primary N) is 4. The maximum Gasteiger partial charge on any atom is 0.0628 e. The Morgan fingerprint density at radius 3 is 1.06 bits per heavy atom. The van der Waals surface area contributed by atoms with E-state index in [0.717, 1.165) is 10.8 Å². The fourth-order valence-electron chi connectivity index (χ4n) is 1.49. The molecule has 0 heterocycles. The summed E-state index contributed by atoms with van der Waals surface area (Å²) in [6.07, 6.45) is 0. The molecule has 0 amide bonds. The molecule has 8 N–H and O–H groups in total. The van der Waals surface area contributed by atoms with Crippen molar-refractivity contribution in [2.75, 3.05) is 22.9 Å². The van der Waals surface area contributed by atoms with E-state index in [4.69, 9.17) is 22.9 Å². The third-order valence-corrected chi connectivity index (χ3v) is 2.35. The van der Waals surface area contributed by atoms with E-state index in [1.165, 1.54) is 0 Å². The van der Waals surface area contributed by atoms with Crippen molar-refractivity contribution in [2.24, 2.45) is 0 Å². The van der Waals surface area contributed by atoms with Crippen molar-refractivity contribution in [2.45, 2.75) is 0 Å². The zero-order valence-electron chi connectivity index (χ0n) is 9.25. The molecule has 104 valence electrons. The predicted molar refractivity (Wildman–Crippen MR) is 90.6 cm³/mol. The molecule has 2 aromatic rings. The van der Waals surface area contributed by atoms with Crippen LogP contribution < -0.4 is 22.9 Å². The number of fused-ring (bicyclic) bond motifs is 1. The van der Waals surface area contributed by atoms with Gasteiger partial charge in [0.15, 0.2) is 0 Å². The Labute approximate surface area is 130 Å². The largest absolute Gasteiger partial charge is 0.397 e. The van der Waals surface area contributed by atoms with Crippen molar-refractivity contribution in [1.29, 1.82) is 0 Å². The Hall–Kier alpha value is -0.940. The molecule has 0 saturated heterocycles. The molecule has 0 saturated carbocycles. The van der Waals surface area contributed by atoms with Crippen molar-refractivity contribution in [3.05, 3.63) is 24.3 Å². The maximum absolute atomic E-state index is 5.82. The first kappa shape index (κ1) is 22.3. The van der Waals surface area contributed by atoms with Crippen molar-refractivity contribution in [1.82, 2.24) is 0 Å². The van der Waals surface area contributed by atoms with E-state index in [1.54, 1.807) is 12.1 Å². The van der Waals surface area contributed by atoms with E-state index in [9.17, 15) is 0 Å². The van der Waals surface area contributed by atoms with Gasteiger partial charge in [0.2, 0.25) is 0 Å². The summed E-state index contributed by atoms with van der Waals surface area (Å²) in [5.41, 5.74) is 25.2. The SMILES string of the molecule is Cl.Cl.Cl.Cl.Nc1ccc2c(N)c(N)ccc2c1N. The molecule has 2 rings (SSSR count). The van der Waals surface area contributed by atoms with Gasteiger partial charge in [-0.15, -0.1) is 49.6 Å². The van der Waals surface area contributed by atoms with E-state index < -0.39 is 0 Å². The van der Waals surface area contributed by atoms with Crippen LogP contribution in [0.2, 0.25) is 0 Å². The molecule has 8 heteroatoms. The smallest absolute Gasteiger partial charge is 0.0628 e. The lowest BCUT2D eigenvalue weighted by Crippen LogP contribution is -1.99. The molecule has 0 fully saturated rings. The monoisotopic (exact) mass is 332 g/mol.